The quantitative estimate of drug-likeness (QED) is 0.683. The maximum atomic E-state index is 11.9. The molecule has 90 valence electrons. The molecule has 2 unspecified atom stereocenters. The van der Waals surface area contributed by atoms with Gasteiger partial charge in [-0.2, -0.15) is 11.8 Å². The standard InChI is InChI=1S/C10H17N3O2S/c1-7-5-10(6-16-7)8(14)12-9(13-10)11-3-4-15-2/h7H,3-6H2,1-2H3,(H2,11,12,13,14). The Balaban J connectivity index is 1.99. The van der Waals surface area contributed by atoms with Crippen LogP contribution in [0.1, 0.15) is 13.3 Å². The number of aliphatic imine (C=N–C) groups is 1. The molecular weight excluding hydrogens is 226 g/mol. The van der Waals surface area contributed by atoms with Crippen LogP contribution < -0.4 is 10.6 Å². The lowest BCUT2D eigenvalue weighted by Crippen LogP contribution is -2.47. The van der Waals surface area contributed by atoms with Crippen molar-refractivity contribution in [2.24, 2.45) is 4.99 Å². The maximum Gasteiger partial charge on any atom is 0.253 e. The molecule has 2 heterocycles. The van der Waals surface area contributed by atoms with Crippen molar-refractivity contribution in [1.29, 1.82) is 0 Å². The van der Waals surface area contributed by atoms with Crippen LogP contribution in [0.2, 0.25) is 0 Å². The molecule has 6 heteroatoms. The van der Waals surface area contributed by atoms with Crippen LogP contribution in [0.3, 0.4) is 0 Å². The van der Waals surface area contributed by atoms with Crippen LogP contribution in [0, 0.1) is 0 Å². The summed E-state index contributed by atoms with van der Waals surface area (Å²) in [6.07, 6.45) is 0.868. The van der Waals surface area contributed by atoms with Crippen molar-refractivity contribution in [3.8, 4) is 0 Å². The molecule has 2 fully saturated rings. The number of methoxy groups -OCH3 is 1. The predicted molar refractivity (Wildman–Crippen MR) is 64.7 cm³/mol. The Hall–Kier alpha value is -0.750. The molecule has 0 radical (unpaired) electrons. The normalized spacial score (nSPS) is 35.8. The first kappa shape index (κ1) is 11.7. The van der Waals surface area contributed by atoms with Gasteiger partial charge >= 0.3 is 0 Å². The number of carbonyl (C=O) groups excluding carboxylic acids is 1. The van der Waals surface area contributed by atoms with E-state index in [9.17, 15) is 4.79 Å². The third-order valence-electron chi connectivity index (χ3n) is 2.84. The molecule has 2 aliphatic rings. The highest BCUT2D eigenvalue weighted by molar-refractivity contribution is 8.00. The van der Waals surface area contributed by atoms with Crippen LogP contribution in [-0.4, -0.2) is 48.7 Å². The summed E-state index contributed by atoms with van der Waals surface area (Å²) >= 11 is 1.82. The molecule has 1 spiro atoms. The molecule has 0 saturated carbocycles. The number of guanidine groups is 1. The molecule has 0 aromatic heterocycles. The largest absolute Gasteiger partial charge is 0.383 e. The number of nitrogens with one attached hydrogen (secondary N) is 2. The third-order valence-corrected chi connectivity index (χ3v) is 4.23. The maximum absolute atomic E-state index is 11.9. The summed E-state index contributed by atoms with van der Waals surface area (Å²) in [7, 11) is 1.64. The molecule has 0 aromatic rings. The Bertz CT molecular complexity index is 321. The van der Waals surface area contributed by atoms with E-state index in [1.165, 1.54) is 0 Å². The van der Waals surface area contributed by atoms with E-state index in [4.69, 9.17) is 4.74 Å². The zero-order valence-electron chi connectivity index (χ0n) is 9.58. The van der Waals surface area contributed by atoms with Gasteiger partial charge in [-0.25, -0.2) is 0 Å². The lowest BCUT2D eigenvalue weighted by molar-refractivity contribution is -0.123. The Labute approximate surface area is 99.4 Å². The second-order valence-electron chi connectivity index (χ2n) is 4.21. The first-order valence-corrected chi connectivity index (χ1v) is 6.46. The lowest BCUT2D eigenvalue weighted by Gasteiger charge is -2.18. The molecule has 2 saturated heterocycles. The minimum absolute atomic E-state index is 0.0560. The van der Waals surface area contributed by atoms with Crippen LogP contribution in [0.15, 0.2) is 4.99 Å². The topological polar surface area (TPSA) is 62.7 Å². The van der Waals surface area contributed by atoms with Crippen LogP contribution in [-0.2, 0) is 9.53 Å². The van der Waals surface area contributed by atoms with Crippen LogP contribution in [0.25, 0.3) is 0 Å². The Morgan fingerprint density at radius 3 is 3.12 bits per heavy atom. The van der Waals surface area contributed by atoms with Crippen LogP contribution in [0.5, 0.6) is 0 Å². The van der Waals surface area contributed by atoms with Gasteiger partial charge in [0.05, 0.1) is 13.2 Å². The molecule has 2 aliphatic heterocycles. The van der Waals surface area contributed by atoms with E-state index in [1.54, 1.807) is 7.11 Å². The van der Waals surface area contributed by atoms with Gasteiger partial charge in [-0.1, -0.05) is 6.92 Å². The van der Waals surface area contributed by atoms with Crippen LogP contribution in [0.4, 0.5) is 0 Å². The van der Waals surface area contributed by atoms with E-state index < -0.39 is 5.54 Å². The summed E-state index contributed by atoms with van der Waals surface area (Å²) < 4.78 is 4.91. The number of hydrogen-bond donors (Lipinski definition) is 2. The van der Waals surface area contributed by atoms with Gasteiger partial charge in [0.25, 0.3) is 5.91 Å². The number of thioether (sulfide) groups is 1. The van der Waals surface area contributed by atoms with Gasteiger partial charge in [0.15, 0.2) is 5.96 Å². The summed E-state index contributed by atoms with van der Waals surface area (Å²) in [6.45, 7) is 3.28. The second-order valence-corrected chi connectivity index (χ2v) is 5.64. The highest BCUT2D eigenvalue weighted by Crippen LogP contribution is 2.35. The Kier molecular flexibility index (Phi) is 3.39. The van der Waals surface area contributed by atoms with E-state index in [0.717, 1.165) is 12.2 Å². The first-order chi connectivity index (χ1) is 7.66. The minimum Gasteiger partial charge on any atom is -0.383 e. The number of hydrogen-bond acceptors (Lipinski definition) is 4. The molecule has 1 amide bonds. The zero-order chi connectivity index (χ0) is 11.6. The van der Waals surface area contributed by atoms with Gasteiger partial charge < -0.3 is 10.1 Å². The minimum atomic E-state index is -0.421. The number of ether oxygens (including phenoxy) is 1. The van der Waals surface area contributed by atoms with Crippen molar-refractivity contribution in [1.82, 2.24) is 10.6 Å². The predicted octanol–water partition coefficient (Wildman–Crippen LogP) is -0.0276. The molecular formula is C10H17N3O2S. The van der Waals surface area contributed by atoms with Gasteiger partial charge in [0.1, 0.15) is 5.54 Å². The average molecular weight is 243 g/mol. The molecule has 2 rings (SSSR count). The average Bonchev–Trinajstić information content (AvgIpc) is 2.74. The number of amides is 1. The van der Waals surface area contributed by atoms with Gasteiger partial charge in [0.2, 0.25) is 0 Å². The van der Waals surface area contributed by atoms with Crippen molar-refractivity contribution in [3.63, 3.8) is 0 Å². The highest BCUT2D eigenvalue weighted by atomic mass is 32.2. The van der Waals surface area contributed by atoms with Crippen molar-refractivity contribution in [3.05, 3.63) is 0 Å². The summed E-state index contributed by atoms with van der Waals surface area (Å²) in [6, 6.07) is 0. The lowest BCUT2D eigenvalue weighted by atomic mass is 9.97. The molecule has 2 N–H and O–H groups in total. The molecule has 5 nitrogen and oxygen atoms in total. The van der Waals surface area contributed by atoms with Crippen molar-refractivity contribution in [2.75, 3.05) is 26.0 Å². The number of rotatable bonds is 3. The van der Waals surface area contributed by atoms with Gasteiger partial charge in [-0.15, -0.1) is 0 Å². The fourth-order valence-electron chi connectivity index (χ4n) is 2.01. The second kappa shape index (κ2) is 4.63. The van der Waals surface area contributed by atoms with Gasteiger partial charge in [0, 0.05) is 18.1 Å². The summed E-state index contributed by atoms with van der Waals surface area (Å²) in [5, 5.41) is 6.54. The smallest absolute Gasteiger partial charge is 0.253 e. The van der Waals surface area contributed by atoms with Gasteiger partial charge in [-0.05, 0) is 6.42 Å². The Morgan fingerprint density at radius 1 is 1.69 bits per heavy atom. The van der Waals surface area contributed by atoms with E-state index in [-0.39, 0.29) is 5.91 Å². The van der Waals surface area contributed by atoms with E-state index in [2.05, 4.69) is 22.5 Å². The van der Waals surface area contributed by atoms with Gasteiger partial charge in [-0.3, -0.25) is 15.1 Å². The monoisotopic (exact) mass is 243 g/mol. The molecule has 16 heavy (non-hydrogen) atoms. The summed E-state index contributed by atoms with van der Waals surface area (Å²) in [4.78, 5) is 16.1. The third kappa shape index (κ3) is 2.17. The van der Waals surface area contributed by atoms with E-state index in [0.29, 0.717) is 24.4 Å². The summed E-state index contributed by atoms with van der Waals surface area (Å²) in [5.41, 5.74) is -0.421. The SMILES string of the molecule is COCCN=C1NC(=O)C2(CSC(C)C2)N1. The Morgan fingerprint density at radius 2 is 2.50 bits per heavy atom. The highest BCUT2D eigenvalue weighted by Gasteiger charge is 2.49. The molecule has 0 aliphatic carbocycles. The zero-order valence-corrected chi connectivity index (χ0v) is 10.4. The van der Waals surface area contributed by atoms with Crippen molar-refractivity contribution in [2.45, 2.75) is 24.1 Å². The van der Waals surface area contributed by atoms with Crippen molar-refractivity contribution >= 4 is 23.6 Å². The summed E-state index contributed by atoms with van der Waals surface area (Å²) in [5.74, 6) is 1.47. The molecule has 0 bridgehead atoms. The fourth-order valence-corrected chi connectivity index (χ4v) is 3.30. The van der Waals surface area contributed by atoms with Crippen LogP contribution >= 0.6 is 11.8 Å². The number of nitrogens with zero attached hydrogens (tertiary/aromatic N) is 1. The van der Waals surface area contributed by atoms with Crippen molar-refractivity contribution < 1.29 is 9.53 Å². The van der Waals surface area contributed by atoms with E-state index in [1.807, 2.05) is 11.8 Å². The molecule has 2 atom stereocenters. The van der Waals surface area contributed by atoms with E-state index >= 15 is 0 Å². The fraction of sp³-hybridized carbons (Fsp3) is 0.800. The first-order valence-electron chi connectivity index (χ1n) is 5.41. The molecule has 0 aromatic carbocycles. The number of carbonyl (C=O) groups is 1.